The molecule has 0 bridgehead atoms. The van der Waals surface area contributed by atoms with Crippen molar-refractivity contribution in [2.45, 2.75) is 40.0 Å². The molecule has 126 valence electrons. The number of amides is 1. The Kier molecular flexibility index (Phi) is 5.64. The minimum absolute atomic E-state index is 0.0872. The van der Waals surface area contributed by atoms with E-state index in [0.29, 0.717) is 17.4 Å². The molecule has 1 aliphatic rings. The summed E-state index contributed by atoms with van der Waals surface area (Å²) in [5, 5.41) is 4.29. The molecule has 1 aliphatic carbocycles. The van der Waals surface area contributed by atoms with Gasteiger partial charge in [0.05, 0.1) is 7.11 Å². The van der Waals surface area contributed by atoms with Gasteiger partial charge in [0, 0.05) is 5.71 Å². The van der Waals surface area contributed by atoms with Crippen molar-refractivity contribution < 1.29 is 14.3 Å². The van der Waals surface area contributed by atoms with Gasteiger partial charge in [-0.25, -0.2) is 5.43 Å². The van der Waals surface area contributed by atoms with Crippen LogP contribution in [0.5, 0.6) is 11.5 Å². The van der Waals surface area contributed by atoms with Crippen molar-refractivity contribution in [3.63, 3.8) is 0 Å². The topological polar surface area (TPSA) is 59.9 Å². The van der Waals surface area contributed by atoms with Gasteiger partial charge in [-0.2, -0.15) is 5.10 Å². The van der Waals surface area contributed by atoms with Crippen LogP contribution < -0.4 is 14.9 Å². The van der Waals surface area contributed by atoms with Crippen molar-refractivity contribution in [3.05, 3.63) is 24.3 Å². The maximum absolute atomic E-state index is 11.9. The third kappa shape index (κ3) is 5.27. The predicted molar refractivity (Wildman–Crippen MR) is 90.9 cm³/mol. The molecule has 1 atom stereocenters. The molecule has 0 spiro atoms. The van der Waals surface area contributed by atoms with E-state index in [-0.39, 0.29) is 17.9 Å². The molecule has 1 amide bonds. The summed E-state index contributed by atoms with van der Waals surface area (Å²) in [4.78, 5) is 11.9. The zero-order valence-corrected chi connectivity index (χ0v) is 14.4. The first-order valence-electron chi connectivity index (χ1n) is 8.00. The molecule has 2 rings (SSSR count). The third-order valence-corrected chi connectivity index (χ3v) is 3.93. The summed E-state index contributed by atoms with van der Waals surface area (Å²) >= 11 is 0. The van der Waals surface area contributed by atoms with Gasteiger partial charge in [-0.1, -0.05) is 32.9 Å². The lowest BCUT2D eigenvalue weighted by Crippen LogP contribution is -2.31. The minimum atomic E-state index is -0.264. The molecule has 1 N–H and O–H groups in total. The van der Waals surface area contributed by atoms with Crippen molar-refractivity contribution in [2.75, 3.05) is 13.7 Å². The lowest BCUT2D eigenvalue weighted by Gasteiger charge is -2.34. The number of ether oxygens (including phenoxy) is 2. The normalized spacial score (nSPS) is 21.7. The Balaban J connectivity index is 1.86. The van der Waals surface area contributed by atoms with Crippen LogP contribution in [0.4, 0.5) is 0 Å². The summed E-state index contributed by atoms with van der Waals surface area (Å²) in [5.41, 5.74) is 3.90. The highest BCUT2D eigenvalue weighted by molar-refractivity contribution is 5.87. The summed E-state index contributed by atoms with van der Waals surface area (Å²) in [6, 6.07) is 7.24. The molecule has 1 aromatic rings. The molecule has 1 aromatic carbocycles. The van der Waals surface area contributed by atoms with E-state index >= 15 is 0 Å². The number of carbonyl (C=O) groups excluding carboxylic acids is 1. The molecule has 0 aromatic heterocycles. The summed E-state index contributed by atoms with van der Waals surface area (Å²) in [7, 11) is 1.57. The number of carbonyl (C=O) groups is 1. The van der Waals surface area contributed by atoms with Crippen LogP contribution in [0.15, 0.2) is 29.4 Å². The zero-order valence-electron chi connectivity index (χ0n) is 14.4. The van der Waals surface area contributed by atoms with Crippen LogP contribution in [0.1, 0.15) is 40.0 Å². The molecule has 5 nitrogen and oxygen atoms in total. The number of nitrogens with zero attached hydrogens (tertiary/aromatic N) is 1. The Bertz CT molecular complexity index is 581. The van der Waals surface area contributed by atoms with Crippen LogP contribution in [-0.2, 0) is 4.79 Å². The van der Waals surface area contributed by atoms with Crippen molar-refractivity contribution >= 4 is 11.6 Å². The molecule has 0 unspecified atom stereocenters. The van der Waals surface area contributed by atoms with Gasteiger partial charge in [0.1, 0.15) is 0 Å². The maximum atomic E-state index is 11.9. The number of hydrogen-bond acceptors (Lipinski definition) is 4. The molecule has 0 aliphatic heterocycles. The van der Waals surface area contributed by atoms with Gasteiger partial charge in [0.2, 0.25) is 0 Å². The van der Waals surface area contributed by atoms with E-state index in [4.69, 9.17) is 9.47 Å². The molecule has 0 heterocycles. The van der Waals surface area contributed by atoms with E-state index in [1.165, 1.54) is 6.42 Å². The van der Waals surface area contributed by atoms with Gasteiger partial charge in [0.15, 0.2) is 18.1 Å². The fourth-order valence-electron chi connectivity index (χ4n) is 3.25. The Morgan fingerprint density at radius 2 is 2.04 bits per heavy atom. The Morgan fingerprint density at radius 3 is 2.70 bits per heavy atom. The lowest BCUT2D eigenvalue weighted by molar-refractivity contribution is -0.123. The standard InChI is InChI=1S/C18H26N2O3/c1-13-9-14(11-18(2,3)10-13)19-20-17(21)12-23-16-8-6-5-7-15(16)22-4/h5-8,13H,9-12H2,1-4H3,(H,20,21)/b19-14-/t13-/m1/s1. The highest BCUT2D eigenvalue weighted by atomic mass is 16.5. The number of benzene rings is 1. The van der Waals surface area contributed by atoms with Gasteiger partial charge in [0.25, 0.3) is 5.91 Å². The average Bonchev–Trinajstić information content (AvgIpc) is 2.49. The molecule has 0 radical (unpaired) electrons. The monoisotopic (exact) mass is 318 g/mol. The summed E-state index contributed by atoms with van der Waals surface area (Å²) < 4.78 is 10.7. The molecule has 0 saturated heterocycles. The SMILES string of the molecule is COc1ccccc1OCC(=O)N/N=C1/C[C@@H](C)CC(C)(C)C1. The van der Waals surface area contributed by atoms with E-state index < -0.39 is 0 Å². The van der Waals surface area contributed by atoms with Crippen molar-refractivity contribution in [3.8, 4) is 11.5 Å². The first kappa shape index (κ1) is 17.3. The second-order valence-electron chi connectivity index (χ2n) is 7.01. The van der Waals surface area contributed by atoms with Crippen molar-refractivity contribution in [1.29, 1.82) is 0 Å². The van der Waals surface area contributed by atoms with Crippen molar-refractivity contribution in [1.82, 2.24) is 5.43 Å². The van der Waals surface area contributed by atoms with Crippen LogP contribution in [0, 0.1) is 11.3 Å². The summed E-state index contributed by atoms with van der Waals surface area (Å²) in [6.45, 7) is 6.62. The van der Waals surface area contributed by atoms with Crippen LogP contribution in [-0.4, -0.2) is 25.3 Å². The van der Waals surface area contributed by atoms with Crippen LogP contribution in [0.25, 0.3) is 0 Å². The molecule has 23 heavy (non-hydrogen) atoms. The highest BCUT2D eigenvalue weighted by Gasteiger charge is 2.29. The molecule has 1 fully saturated rings. The van der Waals surface area contributed by atoms with Gasteiger partial charge >= 0.3 is 0 Å². The lowest BCUT2D eigenvalue weighted by atomic mass is 9.72. The van der Waals surface area contributed by atoms with E-state index in [2.05, 4.69) is 31.3 Å². The quantitative estimate of drug-likeness (QED) is 0.847. The highest BCUT2D eigenvalue weighted by Crippen LogP contribution is 2.36. The second kappa shape index (κ2) is 7.49. The first-order valence-corrected chi connectivity index (χ1v) is 8.00. The maximum Gasteiger partial charge on any atom is 0.277 e. The molecular formula is C18H26N2O3. The van der Waals surface area contributed by atoms with Crippen LogP contribution in [0.3, 0.4) is 0 Å². The molecule has 1 saturated carbocycles. The fourth-order valence-corrected chi connectivity index (χ4v) is 3.25. The zero-order chi connectivity index (χ0) is 16.9. The van der Waals surface area contributed by atoms with Gasteiger partial charge < -0.3 is 9.47 Å². The minimum Gasteiger partial charge on any atom is -0.493 e. The fraction of sp³-hybridized carbons (Fsp3) is 0.556. The van der Waals surface area contributed by atoms with Crippen LogP contribution >= 0.6 is 0 Å². The number of hydrogen-bond donors (Lipinski definition) is 1. The number of rotatable bonds is 5. The number of hydrazone groups is 1. The van der Waals surface area contributed by atoms with E-state index in [0.717, 1.165) is 18.6 Å². The van der Waals surface area contributed by atoms with Gasteiger partial charge in [-0.05, 0) is 42.7 Å². The predicted octanol–water partition coefficient (Wildman–Crippen LogP) is 3.39. The summed E-state index contributed by atoms with van der Waals surface area (Å²) in [6.07, 6.45) is 3.05. The number of methoxy groups -OCH3 is 1. The average molecular weight is 318 g/mol. The number of nitrogens with one attached hydrogen (secondary N) is 1. The van der Waals surface area contributed by atoms with Crippen LogP contribution in [0.2, 0.25) is 0 Å². The Hall–Kier alpha value is -2.04. The second-order valence-corrected chi connectivity index (χ2v) is 7.01. The molecular weight excluding hydrogens is 292 g/mol. The van der Waals surface area contributed by atoms with E-state index in [1.54, 1.807) is 19.2 Å². The van der Waals surface area contributed by atoms with E-state index in [9.17, 15) is 4.79 Å². The first-order chi connectivity index (χ1) is 10.9. The smallest absolute Gasteiger partial charge is 0.277 e. The Morgan fingerprint density at radius 1 is 1.35 bits per heavy atom. The van der Waals surface area contributed by atoms with Crippen molar-refractivity contribution in [2.24, 2.45) is 16.4 Å². The van der Waals surface area contributed by atoms with E-state index in [1.807, 2.05) is 12.1 Å². The number of para-hydroxylation sites is 2. The molecule has 5 heteroatoms. The third-order valence-electron chi connectivity index (χ3n) is 3.93. The van der Waals surface area contributed by atoms with Gasteiger partial charge in [-0.3, -0.25) is 4.79 Å². The summed E-state index contributed by atoms with van der Waals surface area (Å²) in [5.74, 6) is 1.48. The largest absolute Gasteiger partial charge is 0.493 e. The van der Waals surface area contributed by atoms with Gasteiger partial charge in [-0.15, -0.1) is 0 Å². The Labute approximate surface area is 138 Å².